The first-order chi connectivity index (χ1) is 6.25. The van der Waals surface area contributed by atoms with Crippen molar-refractivity contribution in [1.29, 1.82) is 0 Å². The molecule has 1 unspecified atom stereocenters. The molecule has 1 rings (SSSR count). The zero-order valence-electron chi connectivity index (χ0n) is 8.86. The monoisotopic (exact) mass is 200 g/mol. The predicted octanol–water partition coefficient (Wildman–Crippen LogP) is 2.54. The summed E-state index contributed by atoms with van der Waals surface area (Å²) < 4.78 is 0. The van der Waals surface area contributed by atoms with Crippen LogP contribution in [0.3, 0.4) is 0 Å². The van der Waals surface area contributed by atoms with Crippen LogP contribution in [0.4, 0.5) is 0 Å². The molecule has 0 N–H and O–H groups in total. The molecule has 0 aromatic rings. The van der Waals surface area contributed by atoms with Crippen molar-refractivity contribution in [3.8, 4) is 0 Å². The second-order valence-corrected chi connectivity index (χ2v) is 4.58. The fraction of sp³-hybridized carbons (Fsp3) is 0.800. The Morgan fingerprint density at radius 3 is 2.69 bits per heavy atom. The molecule has 0 aromatic carbocycles. The van der Waals surface area contributed by atoms with Gasteiger partial charge in [0.1, 0.15) is 0 Å². The van der Waals surface area contributed by atoms with Crippen molar-refractivity contribution in [2.45, 2.75) is 32.9 Å². The van der Waals surface area contributed by atoms with Crippen molar-refractivity contribution in [2.24, 2.45) is 0 Å². The highest BCUT2D eigenvalue weighted by molar-refractivity contribution is 7.99. The van der Waals surface area contributed by atoms with Gasteiger partial charge in [-0.15, -0.1) is 11.8 Å². The van der Waals surface area contributed by atoms with Crippen LogP contribution < -0.4 is 0 Å². The maximum Gasteiger partial charge on any atom is 0.0982 e. The number of rotatable bonds is 5. The SMILES string of the molecule is CCCCSCN1C=CN(C)C1C. The summed E-state index contributed by atoms with van der Waals surface area (Å²) in [6.45, 7) is 4.48. The van der Waals surface area contributed by atoms with Crippen LogP contribution in [0, 0.1) is 0 Å². The molecule has 0 fully saturated rings. The van der Waals surface area contributed by atoms with Crippen LogP contribution in [0.2, 0.25) is 0 Å². The summed E-state index contributed by atoms with van der Waals surface area (Å²) in [5, 5.41) is 0. The fourth-order valence-corrected chi connectivity index (χ4v) is 2.38. The van der Waals surface area contributed by atoms with Crippen molar-refractivity contribution < 1.29 is 0 Å². The zero-order valence-corrected chi connectivity index (χ0v) is 9.68. The molecule has 13 heavy (non-hydrogen) atoms. The Morgan fingerprint density at radius 2 is 2.15 bits per heavy atom. The molecule has 3 heteroatoms. The van der Waals surface area contributed by atoms with Gasteiger partial charge in [0.25, 0.3) is 0 Å². The molecule has 0 spiro atoms. The van der Waals surface area contributed by atoms with E-state index in [0.29, 0.717) is 6.17 Å². The van der Waals surface area contributed by atoms with E-state index in [-0.39, 0.29) is 0 Å². The van der Waals surface area contributed by atoms with Gasteiger partial charge in [0.15, 0.2) is 0 Å². The maximum absolute atomic E-state index is 2.38. The number of unbranched alkanes of at least 4 members (excludes halogenated alkanes) is 1. The maximum atomic E-state index is 2.38. The third-order valence-electron chi connectivity index (χ3n) is 2.45. The Bertz CT molecular complexity index is 170. The van der Waals surface area contributed by atoms with Gasteiger partial charge in [-0.25, -0.2) is 0 Å². The van der Waals surface area contributed by atoms with Gasteiger partial charge in [-0.05, 0) is 19.1 Å². The molecule has 1 atom stereocenters. The highest BCUT2D eigenvalue weighted by Crippen LogP contribution is 2.17. The van der Waals surface area contributed by atoms with Crippen LogP contribution in [0.15, 0.2) is 12.4 Å². The number of hydrogen-bond acceptors (Lipinski definition) is 3. The third-order valence-corrected chi connectivity index (χ3v) is 3.50. The van der Waals surface area contributed by atoms with Crippen molar-refractivity contribution in [3.05, 3.63) is 12.4 Å². The van der Waals surface area contributed by atoms with Crippen molar-refractivity contribution >= 4 is 11.8 Å². The van der Waals surface area contributed by atoms with Gasteiger partial charge in [0.2, 0.25) is 0 Å². The Labute approximate surface area is 86.0 Å². The average molecular weight is 200 g/mol. The summed E-state index contributed by atoms with van der Waals surface area (Å²) >= 11 is 2.03. The van der Waals surface area contributed by atoms with Crippen molar-refractivity contribution in [2.75, 3.05) is 18.7 Å². The van der Waals surface area contributed by atoms with Crippen molar-refractivity contribution in [1.82, 2.24) is 9.80 Å². The number of nitrogens with zero attached hydrogens (tertiary/aromatic N) is 2. The lowest BCUT2D eigenvalue weighted by atomic mass is 10.4. The van der Waals surface area contributed by atoms with E-state index in [4.69, 9.17) is 0 Å². The van der Waals surface area contributed by atoms with Gasteiger partial charge in [0.05, 0.1) is 12.0 Å². The summed E-state index contributed by atoms with van der Waals surface area (Å²) in [6, 6.07) is 0. The van der Waals surface area contributed by atoms with Crippen LogP contribution in [0.1, 0.15) is 26.7 Å². The molecule has 1 aliphatic heterocycles. The van der Waals surface area contributed by atoms with Crippen molar-refractivity contribution in [3.63, 3.8) is 0 Å². The minimum absolute atomic E-state index is 0.536. The molecule has 0 aliphatic carbocycles. The van der Waals surface area contributed by atoms with Gasteiger partial charge in [-0.2, -0.15) is 0 Å². The third kappa shape index (κ3) is 3.14. The second kappa shape index (κ2) is 5.43. The Hall–Kier alpha value is -0.310. The Kier molecular flexibility index (Phi) is 4.50. The van der Waals surface area contributed by atoms with Gasteiger partial charge >= 0.3 is 0 Å². The number of thioether (sulfide) groups is 1. The Morgan fingerprint density at radius 1 is 1.38 bits per heavy atom. The van der Waals surface area contributed by atoms with E-state index in [1.165, 1.54) is 18.6 Å². The average Bonchev–Trinajstić information content (AvgIpc) is 2.43. The number of hydrogen-bond donors (Lipinski definition) is 0. The summed E-state index contributed by atoms with van der Waals surface area (Å²) in [4.78, 5) is 4.61. The predicted molar refractivity (Wildman–Crippen MR) is 60.4 cm³/mol. The lowest BCUT2D eigenvalue weighted by Crippen LogP contribution is -2.33. The molecule has 2 nitrogen and oxygen atoms in total. The largest absolute Gasteiger partial charge is 0.359 e. The van der Waals surface area contributed by atoms with E-state index in [1.807, 2.05) is 11.8 Å². The molecule has 0 aromatic heterocycles. The first-order valence-corrected chi connectivity index (χ1v) is 6.15. The molecule has 0 saturated carbocycles. The molecule has 1 heterocycles. The first-order valence-electron chi connectivity index (χ1n) is 4.99. The molecule has 0 amide bonds. The second-order valence-electron chi connectivity index (χ2n) is 3.50. The highest BCUT2D eigenvalue weighted by Gasteiger charge is 2.17. The normalized spacial score (nSPS) is 21.6. The van der Waals surface area contributed by atoms with E-state index in [0.717, 1.165) is 5.88 Å². The fourth-order valence-electron chi connectivity index (χ4n) is 1.24. The van der Waals surface area contributed by atoms with E-state index in [2.05, 4.69) is 43.1 Å². The minimum Gasteiger partial charge on any atom is -0.359 e. The molecular weight excluding hydrogens is 180 g/mol. The van der Waals surface area contributed by atoms with Crippen LogP contribution in [0.25, 0.3) is 0 Å². The van der Waals surface area contributed by atoms with Gasteiger partial charge in [0, 0.05) is 19.4 Å². The quantitative estimate of drug-likeness (QED) is 0.630. The van der Waals surface area contributed by atoms with E-state index in [9.17, 15) is 0 Å². The molecule has 1 aliphatic rings. The summed E-state index contributed by atoms with van der Waals surface area (Å²) in [5.74, 6) is 2.42. The lowest BCUT2D eigenvalue weighted by Gasteiger charge is -2.26. The molecular formula is C10H20N2S. The Balaban J connectivity index is 2.12. The highest BCUT2D eigenvalue weighted by atomic mass is 32.2. The molecule has 0 saturated heterocycles. The van der Waals surface area contributed by atoms with Gasteiger partial charge in [-0.3, -0.25) is 0 Å². The molecule has 0 radical (unpaired) electrons. The summed E-state index contributed by atoms with van der Waals surface area (Å²) in [5.41, 5.74) is 0. The van der Waals surface area contributed by atoms with Gasteiger partial charge in [-0.1, -0.05) is 13.3 Å². The minimum atomic E-state index is 0.536. The zero-order chi connectivity index (χ0) is 9.68. The smallest absolute Gasteiger partial charge is 0.0982 e. The molecule has 0 bridgehead atoms. The van der Waals surface area contributed by atoms with Crippen LogP contribution in [-0.2, 0) is 0 Å². The van der Waals surface area contributed by atoms with Crippen LogP contribution >= 0.6 is 11.8 Å². The summed E-state index contributed by atoms with van der Waals surface area (Å²) in [6.07, 6.45) is 7.51. The van der Waals surface area contributed by atoms with Crippen LogP contribution in [-0.4, -0.2) is 34.6 Å². The van der Waals surface area contributed by atoms with E-state index >= 15 is 0 Å². The van der Waals surface area contributed by atoms with Crippen LogP contribution in [0.5, 0.6) is 0 Å². The van der Waals surface area contributed by atoms with E-state index in [1.54, 1.807) is 0 Å². The molecule has 76 valence electrons. The van der Waals surface area contributed by atoms with Gasteiger partial charge < -0.3 is 9.80 Å². The lowest BCUT2D eigenvalue weighted by molar-refractivity contribution is 0.219. The first kappa shape index (κ1) is 10.8. The summed E-state index contributed by atoms with van der Waals surface area (Å²) in [7, 11) is 2.12. The standard InChI is InChI=1S/C10H20N2S/c1-4-5-8-13-9-12-7-6-11(3)10(12)2/h6-7,10H,4-5,8-9H2,1-3H3. The topological polar surface area (TPSA) is 6.48 Å². The van der Waals surface area contributed by atoms with E-state index < -0.39 is 0 Å².